The van der Waals surface area contributed by atoms with Gasteiger partial charge in [0.1, 0.15) is 11.7 Å². The summed E-state index contributed by atoms with van der Waals surface area (Å²) >= 11 is 1.54. The van der Waals surface area contributed by atoms with Crippen molar-refractivity contribution in [2.45, 2.75) is 32.9 Å². The average Bonchev–Trinajstić information content (AvgIpc) is 3.33. The summed E-state index contributed by atoms with van der Waals surface area (Å²) in [6.45, 7) is 5.89. The van der Waals surface area contributed by atoms with Gasteiger partial charge in [-0.25, -0.2) is 4.98 Å². The summed E-state index contributed by atoms with van der Waals surface area (Å²) in [5, 5.41) is 4.93. The minimum Gasteiger partial charge on any atom is -0.382 e. The van der Waals surface area contributed by atoms with Gasteiger partial charge in [-0.15, -0.1) is 11.3 Å². The third-order valence-corrected chi connectivity index (χ3v) is 5.73. The molecule has 1 aromatic carbocycles. The number of carbonyl (C=O) groups is 2. The van der Waals surface area contributed by atoms with Crippen LogP contribution in [0.5, 0.6) is 0 Å². The quantitative estimate of drug-likeness (QED) is 0.448. The summed E-state index contributed by atoms with van der Waals surface area (Å²) in [5.74, 6) is -0.583. The van der Waals surface area contributed by atoms with Crippen molar-refractivity contribution in [2.75, 3.05) is 19.8 Å². The van der Waals surface area contributed by atoms with E-state index in [-0.39, 0.29) is 24.1 Å². The number of ether oxygens (including phenoxy) is 1. The topological polar surface area (TPSA) is 84.4 Å². The van der Waals surface area contributed by atoms with Gasteiger partial charge in [0, 0.05) is 37.0 Å². The van der Waals surface area contributed by atoms with Gasteiger partial charge in [0.2, 0.25) is 5.91 Å². The number of nitrogens with zero attached hydrogens (tertiary/aromatic N) is 3. The summed E-state index contributed by atoms with van der Waals surface area (Å²) < 4.78 is 5.36. The number of benzene rings is 1. The molecule has 0 aliphatic rings. The van der Waals surface area contributed by atoms with Crippen LogP contribution in [0, 0.1) is 6.92 Å². The number of aryl methyl sites for hydroxylation is 1. The first-order valence-electron chi connectivity index (χ1n) is 10.6. The standard InChI is InChI=1S/C24H28N4O3S/c1-3-31-14-5-11-27-23(29)22(19-9-7-18(2)8-10-19)28(17-20-6-4-15-32-20)24(30)21-16-25-12-13-26-21/h4,6-10,12-13,15-16,22H,3,5,11,14,17H2,1-2H3,(H,27,29)/t22-/m1/s1. The van der Waals surface area contributed by atoms with Crippen molar-refractivity contribution < 1.29 is 14.3 Å². The Kier molecular flexibility index (Phi) is 8.89. The summed E-state index contributed by atoms with van der Waals surface area (Å²) in [6.07, 6.45) is 5.12. The Bertz CT molecular complexity index is 978. The van der Waals surface area contributed by atoms with Crippen molar-refractivity contribution in [2.24, 2.45) is 0 Å². The summed E-state index contributed by atoms with van der Waals surface area (Å²) in [6, 6.07) is 10.8. The third-order valence-electron chi connectivity index (χ3n) is 4.87. The number of carbonyl (C=O) groups excluding carboxylic acids is 2. The van der Waals surface area contributed by atoms with Crippen LogP contribution in [-0.2, 0) is 16.1 Å². The van der Waals surface area contributed by atoms with Crippen LogP contribution in [0.25, 0.3) is 0 Å². The molecule has 32 heavy (non-hydrogen) atoms. The normalized spacial score (nSPS) is 11.7. The van der Waals surface area contributed by atoms with Crippen LogP contribution >= 0.6 is 11.3 Å². The lowest BCUT2D eigenvalue weighted by molar-refractivity contribution is -0.126. The number of rotatable bonds is 11. The SMILES string of the molecule is CCOCCCNC(=O)[C@@H](c1ccc(C)cc1)N(Cc1cccs1)C(=O)c1cnccn1. The van der Waals surface area contributed by atoms with E-state index in [4.69, 9.17) is 4.74 Å². The van der Waals surface area contributed by atoms with Gasteiger partial charge in [-0.3, -0.25) is 14.6 Å². The van der Waals surface area contributed by atoms with Gasteiger partial charge in [0.25, 0.3) is 5.91 Å². The molecule has 7 nitrogen and oxygen atoms in total. The molecule has 1 N–H and O–H groups in total. The van der Waals surface area contributed by atoms with E-state index < -0.39 is 6.04 Å². The summed E-state index contributed by atoms with van der Waals surface area (Å²) in [7, 11) is 0. The fraction of sp³-hybridized carbons (Fsp3) is 0.333. The Morgan fingerprint density at radius 2 is 2.00 bits per heavy atom. The van der Waals surface area contributed by atoms with E-state index in [1.54, 1.807) is 4.90 Å². The number of hydrogen-bond acceptors (Lipinski definition) is 6. The second-order valence-electron chi connectivity index (χ2n) is 7.26. The van der Waals surface area contributed by atoms with Crippen molar-refractivity contribution in [3.8, 4) is 0 Å². The number of amides is 2. The molecule has 2 heterocycles. The summed E-state index contributed by atoms with van der Waals surface area (Å²) in [4.78, 5) is 37.6. The Balaban J connectivity index is 1.93. The van der Waals surface area contributed by atoms with Crippen molar-refractivity contribution in [1.82, 2.24) is 20.2 Å². The van der Waals surface area contributed by atoms with E-state index in [9.17, 15) is 9.59 Å². The molecule has 2 amide bonds. The zero-order chi connectivity index (χ0) is 22.8. The molecule has 8 heteroatoms. The third kappa shape index (κ3) is 6.45. The van der Waals surface area contributed by atoms with Crippen molar-refractivity contribution in [1.29, 1.82) is 0 Å². The molecule has 0 bridgehead atoms. The van der Waals surface area contributed by atoms with E-state index >= 15 is 0 Å². The van der Waals surface area contributed by atoms with Crippen LogP contribution in [-0.4, -0.2) is 46.4 Å². The first-order valence-corrected chi connectivity index (χ1v) is 11.5. The fourth-order valence-corrected chi connectivity index (χ4v) is 3.96. The Hall–Kier alpha value is -3.10. The Morgan fingerprint density at radius 1 is 1.19 bits per heavy atom. The zero-order valence-corrected chi connectivity index (χ0v) is 19.2. The van der Waals surface area contributed by atoms with Gasteiger partial charge >= 0.3 is 0 Å². The number of nitrogens with one attached hydrogen (secondary N) is 1. The largest absolute Gasteiger partial charge is 0.382 e. The predicted molar refractivity (Wildman–Crippen MR) is 124 cm³/mol. The molecule has 0 radical (unpaired) electrons. The molecule has 0 fully saturated rings. The average molecular weight is 453 g/mol. The van der Waals surface area contributed by atoms with Gasteiger partial charge in [0.15, 0.2) is 0 Å². The lowest BCUT2D eigenvalue weighted by Crippen LogP contribution is -2.44. The first-order chi connectivity index (χ1) is 15.6. The maximum absolute atomic E-state index is 13.5. The van der Waals surface area contributed by atoms with Crippen LogP contribution in [0.4, 0.5) is 0 Å². The Morgan fingerprint density at radius 3 is 2.66 bits per heavy atom. The second-order valence-corrected chi connectivity index (χ2v) is 8.29. The lowest BCUT2D eigenvalue weighted by Gasteiger charge is -2.31. The molecule has 3 rings (SSSR count). The van der Waals surface area contributed by atoms with E-state index in [1.807, 2.05) is 55.6 Å². The smallest absolute Gasteiger partial charge is 0.275 e. The lowest BCUT2D eigenvalue weighted by atomic mass is 10.0. The molecule has 168 valence electrons. The fourth-order valence-electron chi connectivity index (χ4n) is 3.26. The molecule has 0 spiro atoms. The highest BCUT2D eigenvalue weighted by atomic mass is 32.1. The summed E-state index contributed by atoms with van der Waals surface area (Å²) in [5.41, 5.74) is 2.02. The minimum absolute atomic E-state index is 0.199. The van der Waals surface area contributed by atoms with Gasteiger partial charge in [-0.2, -0.15) is 0 Å². The number of hydrogen-bond donors (Lipinski definition) is 1. The highest BCUT2D eigenvalue weighted by Crippen LogP contribution is 2.27. The Labute approximate surface area is 192 Å². The molecule has 0 saturated carbocycles. The van der Waals surface area contributed by atoms with Crippen LogP contribution < -0.4 is 5.32 Å². The van der Waals surface area contributed by atoms with Crippen molar-refractivity contribution in [3.63, 3.8) is 0 Å². The molecular formula is C24H28N4O3S. The van der Waals surface area contributed by atoms with Crippen molar-refractivity contribution >= 4 is 23.2 Å². The van der Waals surface area contributed by atoms with Gasteiger partial charge in [-0.1, -0.05) is 35.9 Å². The van der Waals surface area contributed by atoms with Crippen LogP contribution in [0.3, 0.4) is 0 Å². The monoisotopic (exact) mass is 452 g/mol. The molecule has 0 aliphatic carbocycles. The molecule has 0 saturated heterocycles. The maximum Gasteiger partial charge on any atom is 0.275 e. The van der Waals surface area contributed by atoms with E-state index in [0.29, 0.717) is 26.2 Å². The second kappa shape index (κ2) is 12.1. The number of thiophene rings is 1. The van der Waals surface area contributed by atoms with Crippen LogP contribution in [0.1, 0.15) is 45.9 Å². The van der Waals surface area contributed by atoms with Crippen LogP contribution in [0.15, 0.2) is 60.4 Å². The zero-order valence-electron chi connectivity index (χ0n) is 18.4. The van der Waals surface area contributed by atoms with Crippen LogP contribution in [0.2, 0.25) is 0 Å². The first kappa shape index (κ1) is 23.6. The number of aromatic nitrogens is 2. The molecule has 0 unspecified atom stereocenters. The van der Waals surface area contributed by atoms with Gasteiger partial charge in [0.05, 0.1) is 12.7 Å². The molecule has 3 aromatic rings. The van der Waals surface area contributed by atoms with E-state index in [1.165, 1.54) is 29.9 Å². The highest BCUT2D eigenvalue weighted by Gasteiger charge is 2.33. The molecule has 1 atom stereocenters. The molecule has 2 aromatic heterocycles. The molecular weight excluding hydrogens is 424 g/mol. The van der Waals surface area contributed by atoms with Gasteiger partial charge in [-0.05, 0) is 37.3 Å². The highest BCUT2D eigenvalue weighted by molar-refractivity contribution is 7.09. The van der Waals surface area contributed by atoms with Crippen molar-refractivity contribution in [3.05, 3.63) is 82.1 Å². The maximum atomic E-state index is 13.5. The van der Waals surface area contributed by atoms with Gasteiger partial charge < -0.3 is 15.0 Å². The predicted octanol–water partition coefficient (Wildman–Crippen LogP) is 3.77. The van der Waals surface area contributed by atoms with E-state index in [0.717, 1.165) is 16.0 Å². The van der Waals surface area contributed by atoms with E-state index in [2.05, 4.69) is 15.3 Å². The molecule has 0 aliphatic heterocycles. The minimum atomic E-state index is -0.806.